The molecule has 0 aliphatic heterocycles. The van der Waals surface area contributed by atoms with E-state index in [9.17, 15) is 18.3 Å². The third-order valence-electron chi connectivity index (χ3n) is 3.62. The van der Waals surface area contributed by atoms with Crippen molar-refractivity contribution in [2.45, 2.75) is 11.8 Å². The van der Waals surface area contributed by atoms with Crippen molar-refractivity contribution >= 4 is 26.8 Å². The largest absolute Gasteiger partial charge is 0.478 e. The molecule has 0 radical (unpaired) electrons. The van der Waals surface area contributed by atoms with Crippen LogP contribution in [0.25, 0.3) is 22.2 Å². The van der Waals surface area contributed by atoms with Crippen LogP contribution in [0, 0.1) is 6.92 Å². The zero-order valence-electron chi connectivity index (χ0n) is 12.3. The Hall–Kier alpha value is -2.74. The first-order chi connectivity index (χ1) is 10.8. The predicted molar refractivity (Wildman–Crippen MR) is 82.0 cm³/mol. The molecule has 0 bridgehead atoms. The van der Waals surface area contributed by atoms with Gasteiger partial charge in [0.1, 0.15) is 11.0 Å². The Morgan fingerprint density at radius 2 is 1.91 bits per heavy atom. The molecule has 118 valence electrons. The number of hydrogen-bond donors (Lipinski definition) is 1. The van der Waals surface area contributed by atoms with Gasteiger partial charge < -0.3 is 5.11 Å². The molecule has 3 rings (SSSR count). The van der Waals surface area contributed by atoms with E-state index in [4.69, 9.17) is 4.63 Å². The van der Waals surface area contributed by atoms with E-state index < -0.39 is 15.8 Å². The van der Waals surface area contributed by atoms with Crippen LogP contribution in [0.1, 0.15) is 15.9 Å². The molecule has 0 unspecified atom stereocenters. The molecule has 3 aromatic rings. The van der Waals surface area contributed by atoms with Crippen LogP contribution in [0.15, 0.2) is 39.9 Å². The third-order valence-corrected chi connectivity index (χ3v) is 4.71. The van der Waals surface area contributed by atoms with Crippen LogP contribution in [0.4, 0.5) is 0 Å². The fraction of sp³-hybridized carbons (Fsp3) is 0.133. The molecule has 0 aliphatic carbocycles. The van der Waals surface area contributed by atoms with Gasteiger partial charge in [0.05, 0.1) is 10.5 Å². The van der Waals surface area contributed by atoms with E-state index in [0.717, 1.165) is 12.3 Å². The first kappa shape index (κ1) is 15.2. The number of carboxylic acids is 1. The first-order valence-corrected chi connectivity index (χ1v) is 8.48. The van der Waals surface area contributed by atoms with Crippen molar-refractivity contribution in [2.75, 3.05) is 6.26 Å². The summed E-state index contributed by atoms with van der Waals surface area (Å²) in [5, 5.41) is 16.9. The van der Waals surface area contributed by atoms with Gasteiger partial charge in [0, 0.05) is 11.8 Å². The maximum Gasteiger partial charge on any atom is 0.336 e. The van der Waals surface area contributed by atoms with Crippen LogP contribution in [-0.2, 0) is 9.84 Å². The zero-order chi connectivity index (χ0) is 16.8. The van der Waals surface area contributed by atoms with Crippen LogP contribution in [0.5, 0.6) is 0 Å². The minimum atomic E-state index is -3.57. The van der Waals surface area contributed by atoms with E-state index in [-0.39, 0.29) is 10.5 Å². The number of aromatic nitrogens is 2. The summed E-state index contributed by atoms with van der Waals surface area (Å²) < 4.78 is 28.5. The summed E-state index contributed by atoms with van der Waals surface area (Å²) >= 11 is 0. The molecule has 1 aromatic heterocycles. The van der Waals surface area contributed by atoms with Crippen molar-refractivity contribution in [3.05, 3.63) is 41.5 Å². The molecule has 0 fully saturated rings. The molecule has 1 N–H and O–H groups in total. The lowest BCUT2D eigenvalue weighted by Crippen LogP contribution is -2.06. The predicted octanol–water partition coefficient (Wildman–Crippen LogP) is 2.30. The summed E-state index contributed by atoms with van der Waals surface area (Å²) in [7, 11) is -3.57. The lowest BCUT2D eigenvalue weighted by molar-refractivity contribution is 0.0696. The highest BCUT2D eigenvalue weighted by molar-refractivity contribution is 7.90. The van der Waals surface area contributed by atoms with Crippen molar-refractivity contribution in [2.24, 2.45) is 0 Å². The summed E-state index contributed by atoms with van der Waals surface area (Å²) in [5.41, 5.74) is 2.35. The van der Waals surface area contributed by atoms with Crippen molar-refractivity contribution < 1.29 is 22.9 Å². The van der Waals surface area contributed by atoms with Gasteiger partial charge in [-0.05, 0) is 46.6 Å². The quantitative estimate of drug-likeness (QED) is 0.783. The maximum atomic E-state index is 11.9. The number of fused-ring (bicyclic) bond motifs is 1. The van der Waals surface area contributed by atoms with Gasteiger partial charge in [-0.25, -0.2) is 17.8 Å². The molecule has 0 aliphatic rings. The molecule has 0 amide bonds. The Balaban J connectivity index is 2.41. The van der Waals surface area contributed by atoms with E-state index >= 15 is 0 Å². The number of rotatable bonds is 3. The Morgan fingerprint density at radius 3 is 2.57 bits per heavy atom. The van der Waals surface area contributed by atoms with Crippen molar-refractivity contribution in [1.82, 2.24) is 10.3 Å². The molecule has 2 aromatic carbocycles. The molecule has 0 saturated heterocycles. The molecular formula is C15H12N2O5S. The van der Waals surface area contributed by atoms with Crippen molar-refractivity contribution in [3.8, 4) is 11.1 Å². The van der Waals surface area contributed by atoms with Crippen LogP contribution >= 0.6 is 0 Å². The minimum Gasteiger partial charge on any atom is -0.478 e. The summed E-state index contributed by atoms with van der Waals surface area (Å²) in [6, 6.07) is 7.74. The number of benzene rings is 2. The van der Waals surface area contributed by atoms with Crippen LogP contribution in [0.3, 0.4) is 0 Å². The highest BCUT2D eigenvalue weighted by Crippen LogP contribution is 2.33. The molecule has 8 heteroatoms. The lowest BCUT2D eigenvalue weighted by Gasteiger charge is -2.12. The van der Waals surface area contributed by atoms with E-state index in [1.54, 1.807) is 25.1 Å². The van der Waals surface area contributed by atoms with Crippen molar-refractivity contribution in [3.63, 3.8) is 0 Å². The van der Waals surface area contributed by atoms with Gasteiger partial charge in [-0.3, -0.25) is 0 Å². The van der Waals surface area contributed by atoms with Gasteiger partial charge in [-0.15, -0.1) is 0 Å². The highest BCUT2D eigenvalue weighted by Gasteiger charge is 2.20. The van der Waals surface area contributed by atoms with E-state index in [1.165, 1.54) is 6.07 Å². The van der Waals surface area contributed by atoms with Crippen molar-refractivity contribution in [1.29, 1.82) is 0 Å². The summed E-state index contributed by atoms with van der Waals surface area (Å²) in [4.78, 5) is 11.4. The van der Waals surface area contributed by atoms with E-state index in [0.29, 0.717) is 27.7 Å². The second-order valence-electron chi connectivity index (χ2n) is 5.16. The zero-order valence-corrected chi connectivity index (χ0v) is 13.1. The smallest absolute Gasteiger partial charge is 0.336 e. The van der Waals surface area contributed by atoms with Gasteiger partial charge >= 0.3 is 5.97 Å². The van der Waals surface area contributed by atoms with E-state index in [1.807, 2.05) is 0 Å². The first-order valence-electron chi connectivity index (χ1n) is 6.58. The average molecular weight is 332 g/mol. The summed E-state index contributed by atoms with van der Waals surface area (Å²) in [6.45, 7) is 1.62. The molecule has 7 nitrogen and oxygen atoms in total. The van der Waals surface area contributed by atoms with E-state index in [2.05, 4.69) is 10.3 Å². The normalized spacial score (nSPS) is 11.7. The van der Waals surface area contributed by atoms with Gasteiger partial charge in [-0.2, -0.15) is 0 Å². The molecule has 0 spiro atoms. The monoisotopic (exact) mass is 332 g/mol. The summed E-state index contributed by atoms with van der Waals surface area (Å²) in [5.74, 6) is -1.19. The average Bonchev–Trinajstić information content (AvgIpc) is 2.94. The number of carbonyl (C=O) groups is 1. The number of sulfone groups is 1. The second kappa shape index (κ2) is 5.17. The highest BCUT2D eigenvalue weighted by atomic mass is 32.2. The molecule has 0 saturated carbocycles. The standard InChI is InChI=1S/C15H12N2O5S/c1-8-11(10-4-3-5-13-14(10)17-22-16-13)6-9(23(2,20)21)7-12(8)15(18)19/h3-7H,1-2H3,(H,18,19). The topological polar surface area (TPSA) is 110 Å². The molecule has 23 heavy (non-hydrogen) atoms. The van der Waals surface area contributed by atoms with Gasteiger partial charge in [0.25, 0.3) is 0 Å². The third kappa shape index (κ3) is 2.57. The maximum absolute atomic E-state index is 11.9. The molecular weight excluding hydrogens is 320 g/mol. The van der Waals surface area contributed by atoms with Gasteiger partial charge in [-0.1, -0.05) is 12.1 Å². The lowest BCUT2D eigenvalue weighted by atomic mass is 9.95. The SMILES string of the molecule is Cc1c(C(=O)O)cc(S(C)(=O)=O)cc1-c1cccc2nonc12. The number of carboxylic acid groups (broad SMARTS) is 1. The number of aromatic carboxylic acids is 1. The van der Waals surface area contributed by atoms with Gasteiger partial charge in [0.2, 0.25) is 0 Å². The number of hydrogen-bond acceptors (Lipinski definition) is 6. The summed E-state index contributed by atoms with van der Waals surface area (Å²) in [6.07, 6.45) is 1.03. The fourth-order valence-corrected chi connectivity index (χ4v) is 3.09. The second-order valence-corrected chi connectivity index (χ2v) is 7.17. The van der Waals surface area contributed by atoms with Crippen LogP contribution in [0.2, 0.25) is 0 Å². The van der Waals surface area contributed by atoms with Crippen LogP contribution in [-0.4, -0.2) is 36.1 Å². The Labute approximate surface area is 131 Å². The fourth-order valence-electron chi connectivity index (χ4n) is 2.43. The van der Waals surface area contributed by atoms with Crippen LogP contribution < -0.4 is 0 Å². The Bertz CT molecular complexity index is 1040. The Morgan fingerprint density at radius 1 is 1.17 bits per heavy atom. The molecule has 1 heterocycles. The minimum absolute atomic E-state index is 0.0658. The van der Waals surface area contributed by atoms with Gasteiger partial charge in [0.15, 0.2) is 9.84 Å². The molecule has 0 atom stereocenters. The number of nitrogens with zero attached hydrogens (tertiary/aromatic N) is 2. The Kier molecular flexibility index (Phi) is 3.41.